The largest absolute Gasteiger partial charge is 0.309 e. The first-order valence-corrected chi connectivity index (χ1v) is 7.78. The Morgan fingerprint density at radius 3 is 2.81 bits per heavy atom. The molecule has 1 nitrogen and oxygen atoms in total. The van der Waals surface area contributed by atoms with Gasteiger partial charge in [-0.25, -0.2) is 0 Å². The van der Waals surface area contributed by atoms with Gasteiger partial charge in [-0.1, -0.05) is 19.8 Å². The summed E-state index contributed by atoms with van der Waals surface area (Å²) in [6.07, 6.45) is 5.55. The highest BCUT2D eigenvalue weighted by molar-refractivity contribution is 9.10. The van der Waals surface area contributed by atoms with E-state index in [-0.39, 0.29) is 0 Å². The van der Waals surface area contributed by atoms with E-state index < -0.39 is 0 Å². The molecular weight excluding hydrogens is 282 g/mol. The third-order valence-electron chi connectivity index (χ3n) is 3.28. The van der Waals surface area contributed by atoms with Crippen molar-refractivity contribution in [2.75, 3.05) is 0 Å². The van der Waals surface area contributed by atoms with E-state index >= 15 is 0 Å². The number of nitrogens with one attached hydrogen (secondary N) is 1. The lowest BCUT2D eigenvalue weighted by Gasteiger charge is -2.15. The SMILES string of the molecule is CCC(CC1CC1)NCc1cc(Br)c(C)s1. The minimum Gasteiger partial charge on any atom is -0.309 e. The predicted octanol–water partition coefficient (Wildman–Crippen LogP) is 4.49. The third-order valence-corrected chi connectivity index (χ3v) is 5.42. The van der Waals surface area contributed by atoms with Crippen LogP contribution in [-0.2, 0) is 6.54 Å². The number of hydrogen-bond acceptors (Lipinski definition) is 2. The van der Waals surface area contributed by atoms with Crippen LogP contribution < -0.4 is 5.32 Å². The van der Waals surface area contributed by atoms with Crippen LogP contribution in [0.5, 0.6) is 0 Å². The summed E-state index contributed by atoms with van der Waals surface area (Å²) < 4.78 is 1.25. The van der Waals surface area contributed by atoms with Crippen LogP contribution in [0, 0.1) is 12.8 Å². The first kappa shape index (κ1) is 12.6. The zero-order valence-electron chi connectivity index (χ0n) is 10.1. The molecule has 1 N–H and O–H groups in total. The van der Waals surface area contributed by atoms with Crippen LogP contribution in [0.1, 0.15) is 42.4 Å². The average molecular weight is 302 g/mol. The number of hydrogen-bond donors (Lipinski definition) is 1. The molecule has 16 heavy (non-hydrogen) atoms. The van der Waals surface area contributed by atoms with E-state index in [9.17, 15) is 0 Å². The fourth-order valence-corrected chi connectivity index (χ4v) is 3.55. The van der Waals surface area contributed by atoms with Crippen LogP contribution in [0.15, 0.2) is 10.5 Å². The Morgan fingerprint density at radius 1 is 1.56 bits per heavy atom. The second-order valence-electron chi connectivity index (χ2n) is 4.78. The van der Waals surface area contributed by atoms with Crippen LogP contribution in [0.2, 0.25) is 0 Å². The Labute approximate surface area is 111 Å². The zero-order chi connectivity index (χ0) is 11.5. The molecule has 90 valence electrons. The molecular formula is C13H20BrNS. The van der Waals surface area contributed by atoms with Crippen molar-refractivity contribution in [3.63, 3.8) is 0 Å². The van der Waals surface area contributed by atoms with E-state index in [1.165, 1.54) is 39.9 Å². The summed E-state index contributed by atoms with van der Waals surface area (Å²) in [4.78, 5) is 2.82. The van der Waals surface area contributed by atoms with Crippen molar-refractivity contribution in [2.45, 2.75) is 52.1 Å². The van der Waals surface area contributed by atoms with Crippen LogP contribution in [0.4, 0.5) is 0 Å². The lowest BCUT2D eigenvalue weighted by molar-refractivity contribution is 0.446. The number of thiophene rings is 1. The van der Waals surface area contributed by atoms with Gasteiger partial charge in [-0.2, -0.15) is 0 Å². The number of rotatable bonds is 6. The monoisotopic (exact) mass is 301 g/mol. The van der Waals surface area contributed by atoms with Crippen molar-refractivity contribution in [3.05, 3.63) is 20.3 Å². The van der Waals surface area contributed by atoms with Crippen LogP contribution >= 0.6 is 27.3 Å². The maximum Gasteiger partial charge on any atom is 0.0314 e. The van der Waals surface area contributed by atoms with Gasteiger partial charge in [0.25, 0.3) is 0 Å². The highest BCUT2D eigenvalue weighted by atomic mass is 79.9. The van der Waals surface area contributed by atoms with E-state index in [1.807, 2.05) is 11.3 Å². The maximum absolute atomic E-state index is 3.69. The summed E-state index contributed by atoms with van der Waals surface area (Å²) in [5.74, 6) is 1.02. The van der Waals surface area contributed by atoms with Gasteiger partial charge in [0.2, 0.25) is 0 Å². The van der Waals surface area contributed by atoms with E-state index in [1.54, 1.807) is 0 Å². The van der Waals surface area contributed by atoms with Gasteiger partial charge < -0.3 is 5.32 Å². The summed E-state index contributed by atoms with van der Waals surface area (Å²) in [7, 11) is 0. The molecule has 0 bridgehead atoms. The Balaban J connectivity index is 1.79. The van der Waals surface area contributed by atoms with Gasteiger partial charge in [-0.3, -0.25) is 0 Å². The molecule has 1 aliphatic rings. The standard InChI is InChI=1S/C13H20BrNS/c1-3-11(6-10-4-5-10)15-8-12-7-13(14)9(2)16-12/h7,10-11,15H,3-6,8H2,1-2H3. The molecule has 0 aromatic carbocycles. The molecule has 1 aromatic rings. The molecule has 3 heteroatoms. The van der Waals surface area contributed by atoms with Gasteiger partial charge in [0.05, 0.1) is 0 Å². The summed E-state index contributed by atoms with van der Waals surface area (Å²) >= 11 is 5.47. The normalized spacial score (nSPS) is 17.7. The first-order valence-electron chi connectivity index (χ1n) is 6.17. The smallest absolute Gasteiger partial charge is 0.0314 e. The van der Waals surface area contributed by atoms with Crippen molar-refractivity contribution >= 4 is 27.3 Å². The number of aryl methyl sites for hydroxylation is 1. The molecule has 1 unspecified atom stereocenters. The van der Waals surface area contributed by atoms with Crippen LogP contribution in [-0.4, -0.2) is 6.04 Å². The fourth-order valence-electron chi connectivity index (χ4n) is 2.00. The maximum atomic E-state index is 3.69. The molecule has 0 radical (unpaired) electrons. The molecule has 0 aliphatic heterocycles. The quantitative estimate of drug-likeness (QED) is 0.816. The summed E-state index contributed by atoms with van der Waals surface area (Å²) in [6, 6.07) is 2.96. The van der Waals surface area contributed by atoms with Crippen molar-refractivity contribution in [3.8, 4) is 0 Å². The van der Waals surface area contributed by atoms with E-state index in [0.29, 0.717) is 6.04 Å². The van der Waals surface area contributed by atoms with Gasteiger partial charge in [0.1, 0.15) is 0 Å². The Morgan fingerprint density at radius 2 is 2.31 bits per heavy atom. The van der Waals surface area contributed by atoms with Gasteiger partial charge in [0, 0.05) is 26.8 Å². The second kappa shape index (κ2) is 5.65. The van der Waals surface area contributed by atoms with Gasteiger partial charge in [-0.15, -0.1) is 11.3 Å². The van der Waals surface area contributed by atoms with Crippen LogP contribution in [0.25, 0.3) is 0 Å². The Kier molecular flexibility index (Phi) is 4.45. The predicted molar refractivity (Wildman–Crippen MR) is 75.0 cm³/mol. The van der Waals surface area contributed by atoms with E-state index in [4.69, 9.17) is 0 Å². The van der Waals surface area contributed by atoms with Crippen LogP contribution in [0.3, 0.4) is 0 Å². The molecule has 0 spiro atoms. The lowest BCUT2D eigenvalue weighted by Crippen LogP contribution is -2.28. The van der Waals surface area contributed by atoms with Crippen molar-refractivity contribution in [1.82, 2.24) is 5.32 Å². The van der Waals surface area contributed by atoms with Gasteiger partial charge >= 0.3 is 0 Å². The van der Waals surface area contributed by atoms with E-state index in [0.717, 1.165) is 12.5 Å². The van der Waals surface area contributed by atoms with Gasteiger partial charge in [0.15, 0.2) is 0 Å². The highest BCUT2D eigenvalue weighted by Crippen LogP contribution is 2.34. The molecule has 1 aromatic heterocycles. The molecule has 0 amide bonds. The zero-order valence-corrected chi connectivity index (χ0v) is 12.5. The van der Waals surface area contributed by atoms with Gasteiger partial charge in [-0.05, 0) is 47.7 Å². The Bertz CT molecular complexity index is 324. The highest BCUT2D eigenvalue weighted by Gasteiger charge is 2.24. The molecule has 1 aliphatic carbocycles. The lowest BCUT2D eigenvalue weighted by atomic mass is 10.1. The third kappa shape index (κ3) is 3.57. The second-order valence-corrected chi connectivity index (χ2v) is 6.98. The minimum absolute atomic E-state index is 0.716. The van der Waals surface area contributed by atoms with Crippen molar-refractivity contribution in [1.29, 1.82) is 0 Å². The summed E-state index contributed by atoms with van der Waals surface area (Å²) in [6.45, 7) is 5.48. The Hall–Kier alpha value is 0.140. The molecule has 1 saturated carbocycles. The fraction of sp³-hybridized carbons (Fsp3) is 0.692. The molecule has 1 fully saturated rings. The van der Waals surface area contributed by atoms with E-state index in [2.05, 4.69) is 41.2 Å². The average Bonchev–Trinajstić information content (AvgIpc) is 3.01. The minimum atomic E-state index is 0.716. The van der Waals surface area contributed by atoms with Crippen molar-refractivity contribution < 1.29 is 0 Å². The molecule has 0 saturated heterocycles. The number of halogens is 1. The summed E-state index contributed by atoms with van der Waals surface area (Å²) in [5, 5.41) is 3.69. The first-order chi connectivity index (χ1) is 7.69. The molecule has 2 rings (SSSR count). The van der Waals surface area contributed by atoms with Crippen molar-refractivity contribution in [2.24, 2.45) is 5.92 Å². The molecule has 1 heterocycles. The summed E-state index contributed by atoms with van der Waals surface area (Å²) in [5.41, 5.74) is 0. The molecule has 1 atom stereocenters. The topological polar surface area (TPSA) is 12.0 Å².